The van der Waals surface area contributed by atoms with E-state index in [1.54, 1.807) is 0 Å². The average Bonchev–Trinajstić information content (AvgIpc) is 2.32. The summed E-state index contributed by atoms with van der Waals surface area (Å²) < 4.78 is 5.30. The van der Waals surface area contributed by atoms with Crippen LogP contribution in [0.4, 0.5) is 0 Å². The summed E-state index contributed by atoms with van der Waals surface area (Å²) in [6.45, 7) is 3.50. The first-order chi connectivity index (χ1) is 8.26. The second kappa shape index (κ2) is 8.50. The summed E-state index contributed by atoms with van der Waals surface area (Å²) in [5, 5.41) is 0. The summed E-state index contributed by atoms with van der Waals surface area (Å²) in [5.41, 5.74) is 8.22. The summed E-state index contributed by atoms with van der Waals surface area (Å²) in [4.78, 5) is 4.41. The van der Waals surface area contributed by atoms with Gasteiger partial charge in [-0.1, -0.05) is 6.07 Å². The highest BCUT2D eigenvalue weighted by Crippen LogP contribution is 2.06. The molecule has 0 saturated heterocycles. The van der Waals surface area contributed by atoms with Gasteiger partial charge < -0.3 is 10.5 Å². The number of ether oxygens (including phenoxy) is 1. The topological polar surface area (TPSA) is 48.1 Å². The number of rotatable bonds is 8. The molecule has 1 heterocycles. The molecule has 0 aromatic carbocycles. The smallest absolute Gasteiger partial charge is 0.0521 e. The van der Waals surface area contributed by atoms with Crippen LogP contribution in [0.15, 0.2) is 18.3 Å². The predicted molar refractivity (Wildman–Crippen MR) is 74.6 cm³/mol. The summed E-state index contributed by atoms with van der Waals surface area (Å²) in [6.07, 6.45) is 4.60. The summed E-state index contributed by atoms with van der Waals surface area (Å²) >= 11 is 4.18. The lowest BCUT2D eigenvalue weighted by atomic mass is 10.1. The van der Waals surface area contributed by atoms with E-state index in [9.17, 15) is 0 Å². The minimum Gasteiger partial charge on any atom is -0.381 e. The molecule has 1 unspecified atom stereocenters. The van der Waals surface area contributed by atoms with Crippen molar-refractivity contribution in [2.45, 2.75) is 32.2 Å². The second-order valence-corrected chi connectivity index (χ2v) is 4.53. The van der Waals surface area contributed by atoms with E-state index in [0.717, 1.165) is 43.9 Å². The fraction of sp³-hybridized carbons (Fsp3) is 0.615. The Kier molecular flexibility index (Phi) is 7.24. The van der Waals surface area contributed by atoms with Gasteiger partial charge in [-0.15, -0.1) is 0 Å². The summed E-state index contributed by atoms with van der Waals surface area (Å²) in [5.74, 6) is 0.834. The van der Waals surface area contributed by atoms with Gasteiger partial charge in [0.15, 0.2) is 0 Å². The van der Waals surface area contributed by atoms with Gasteiger partial charge in [0.25, 0.3) is 0 Å². The molecule has 0 spiro atoms. The number of nitrogens with zero attached hydrogens (tertiary/aromatic N) is 1. The van der Waals surface area contributed by atoms with E-state index in [0.29, 0.717) is 0 Å². The zero-order chi connectivity index (χ0) is 12.5. The Balaban J connectivity index is 2.39. The molecule has 0 radical (unpaired) electrons. The first kappa shape index (κ1) is 14.5. The fourth-order valence-electron chi connectivity index (χ4n) is 1.62. The summed E-state index contributed by atoms with van der Waals surface area (Å²) in [7, 11) is 0. The lowest BCUT2D eigenvalue weighted by Gasteiger charge is -2.10. The molecule has 1 atom stereocenters. The van der Waals surface area contributed by atoms with Crippen LogP contribution in [0, 0.1) is 0 Å². The van der Waals surface area contributed by atoms with E-state index in [-0.39, 0.29) is 6.04 Å². The fourth-order valence-corrected chi connectivity index (χ4v) is 1.95. The monoisotopic (exact) mass is 254 g/mol. The van der Waals surface area contributed by atoms with Crippen molar-refractivity contribution in [2.75, 3.05) is 19.0 Å². The molecule has 96 valence electrons. The Morgan fingerprint density at radius 3 is 2.88 bits per heavy atom. The minimum absolute atomic E-state index is 0.184. The normalized spacial score (nSPS) is 12.6. The van der Waals surface area contributed by atoms with Gasteiger partial charge in [-0.2, -0.15) is 12.6 Å². The predicted octanol–water partition coefficient (Wildman–Crippen LogP) is 1.85. The maximum Gasteiger partial charge on any atom is 0.0521 e. The zero-order valence-electron chi connectivity index (χ0n) is 10.4. The molecular weight excluding hydrogens is 232 g/mol. The van der Waals surface area contributed by atoms with E-state index in [2.05, 4.69) is 29.7 Å². The Bertz CT molecular complexity index is 303. The standard InChI is InChI=1S/C13H22N2OS/c1-2-16-7-5-13-4-3-11(10-15-13)9-12(14)6-8-17/h3-4,10,12,17H,2,5-9,14H2,1H3. The van der Waals surface area contributed by atoms with Crippen LogP contribution >= 0.6 is 12.6 Å². The lowest BCUT2D eigenvalue weighted by Crippen LogP contribution is -2.23. The lowest BCUT2D eigenvalue weighted by molar-refractivity contribution is 0.150. The van der Waals surface area contributed by atoms with Gasteiger partial charge in [0, 0.05) is 31.0 Å². The second-order valence-electron chi connectivity index (χ2n) is 4.08. The molecule has 2 N–H and O–H groups in total. The van der Waals surface area contributed by atoms with Crippen LogP contribution in [0.25, 0.3) is 0 Å². The Morgan fingerprint density at radius 1 is 1.47 bits per heavy atom. The van der Waals surface area contributed by atoms with Crippen LogP contribution in [0.2, 0.25) is 0 Å². The third-order valence-electron chi connectivity index (χ3n) is 2.59. The Morgan fingerprint density at radius 2 is 2.29 bits per heavy atom. The van der Waals surface area contributed by atoms with Crippen molar-refractivity contribution in [3.8, 4) is 0 Å². The van der Waals surface area contributed by atoms with Gasteiger partial charge >= 0.3 is 0 Å². The van der Waals surface area contributed by atoms with Crippen molar-refractivity contribution in [3.63, 3.8) is 0 Å². The van der Waals surface area contributed by atoms with Crippen molar-refractivity contribution in [1.29, 1.82) is 0 Å². The van der Waals surface area contributed by atoms with Gasteiger partial charge in [-0.3, -0.25) is 4.98 Å². The van der Waals surface area contributed by atoms with Crippen LogP contribution in [0.3, 0.4) is 0 Å². The molecule has 1 rings (SSSR count). The number of aromatic nitrogens is 1. The number of thiol groups is 1. The SMILES string of the molecule is CCOCCc1ccc(CC(N)CCS)cn1. The van der Waals surface area contributed by atoms with E-state index in [1.165, 1.54) is 5.56 Å². The third kappa shape index (κ3) is 6.05. The number of hydrogen-bond acceptors (Lipinski definition) is 4. The highest BCUT2D eigenvalue weighted by atomic mass is 32.1. The molecule has 1 aromatic rings. The van der Waals surface area contributed by atoms with Crippen molar-refractivity contribution in [1.82, 2.24) is 4.98 Å². The Labute approximate surface area is 109 Å². The van der Waals surface area contributed by atoms with Crippen molar-refractivity contribution in [3.05, 3.63) is 29.6 Å². The van der Waals surface area contributed by atoms with Crippen LogP contribution < -0.4 is 5.73 Å². The first-order valence-corrected chi connectivity index (χ1v) is 6.77. The Hall–Kier alpha value is -0.580. The molecule has 0 aliphatic carbocycles. The molecule has 0 fully saturated rings. The average molecular weight is 254 g/mol. The zero-order valence-corrected chi connectivity index (χ0v) is 11.3. The summed E-state index contributed by atoms with van der Waals surface area (Å²) in [6, 6.07) is 4.35. The van der Waals surface area contributed by atoms with Crippen LogP contribution in [-0.4, -0.2) is 30.0 Å². The molecule has 0 bridgehead atoms. The van der Waals surface area contributed by atoms with E-state index >= 15 is 0 Å². The van der Waals surface area contributed by atoms with Crippen molar-refractivity contribution < 1.29 is 4.74 Å². The van der Waals surface area contributed by atoms with Gasteiger partial charge in [0.2, 0.25) is 0 Å². The van der Waals surface area contributed by atoms with Crippen LogP contribution in [0.1, 0.15) is 24.6 Å². The highest BCUT2D eigenvalue weighted by Gasteiger charge is 2.03. The van der Waals surface area contributed by atoms with Gasteiger partial charge in [0.05, 0.1) is 6.61 Å². The molecule has 0 saturated carbocycles. The molecule has 3 nitrogen and oxygen atoms in total. The molecule has 0 aliphatic heterocycles. The number of pyridine rings is 1. The van der Waals surface area contributed by atoms with E-state index in [4.69, 9.17) is 10.5 Å². The van der Waals surface area contributed by atoms with Crippen molar-refractivity contribution >= 4 is 12.6 Å². The van der Waals surface area contributed by atoms with Crippen LogP contribution in [-0.2, 0) is 17.6 Å². The molecular formula is C13H22N2OS. The third-order valence-corrected chi connectivity index (χ3v) is 2.85. The maximum atomic E-state index is 5.96. The molecule has 0 amide bonds. The molecule has 17 heavy (non-hydrogen) atoms. The molecule has 1 aromatic heterocycles. The van der Waals surface area contributed by atoms with Crippen molar-refractivity contribution in [2.24, 2.45) is 5.73 Å². The van der Waals surface area contributed by atoms with Gasteiger partial charge in [-0.25, -0.2) is 0 Å². The maximum absolute atomic E-state index is 5.96. The minimum atomic E-state index is 0.184. The number of nitrogens with two attached hydrogens (primary N) is 1. The molecule has 0 aliphatic rings. The largest absolute Gasteiger partial charge is 0.381 e. The van der Waals surface area contributed by atoms with E-state index in [1.807, 2.05) is 13.1 Å². The highest BCUT2D eigenvalue weighted by molar-refractivity contribution is 7.80. The first-order valence-electron chi connectivity index (χ1n) is 6.14. The van der Waals surface area contributed by atoms with Crippen LogP contribution in [0.5, 0.6) is 0 Å². The van der Waals surface area contributed by atoms with Gasteiger partial charge in [-0.05, 0) is 37.1 Å². The number of hydrogen-bond donors (Lipinski definition) is 2. The quantitative estimate of drug-likeness (QED) is 0.550. The molecule has 4 heteroatoms. The van der Waals surface area contributed by atoms with E-state index < -0.39 is 0 Å². The van der Waals surface area contributed by atoms with Gasteiger partial charge in [0.1, 0.15) is 0 Å².